The van der Waals surface area contributed by atoms with Crippen LogP contribution >= 0.6 is 11.3 Å². The van der Waals surface area contributed by atoms with E-state index in [0.717, 1.165) is 43.2 Å². The predicted octanol–water partition coefficient (Wildman–Crippen LogP) is 3.84. The largest absolute Gasteiger partial charge is 0.383 e. The summed E-state index contributed by atoms with van der Waals surface area (Å²) in [7, 11) is 1.58. The fourth-order valence-corrected chi connectivity index (χ4v) is 4.84. The number of methoxy groups -OCH3 is 1. The molecule has 2 aromatic rings. The highest BCUT2D eigenvalue weighted by Gasteiger charge is 2.36. The van der Waals surface area contributed by atoms with Gasteiger partial charge in [0.05, 0.1) is 6.61 Å². The highest BCUT2D eigenvalue weighted by molar-refractivity contribution is 7.13. The van der Waals surface area contributed by atoms with E-state index in [2.05, 4.69) is 15.6 Å². The van der Waals surface area contributed by atoms with E-state index in [1.807, 2.05) is 31.2 Å². The first-order valence-corrected chi connectivity index (χ1v) is 12.7. The van der Waals surface area contributed by atoms with E-state index in [0.29, 0.717) is 18.3 Å². The summed E-state index contributed by atoms with van der Waals surface area (Å²) in [6.45, 7) is 2.74. The van der Waals surface area contributed by atoms with Crippen molar-refractivity contribution >= 4 is 34.2 Å². The van der Waals surface area contributed by atoms with Crippen LogP contribution in [0.1, 0.15) is 62.1 Å². The van der Waals surface area contributed by atoms with Crippen molar-refractivity contribution in [3.63, 3.8) is 0 Å². The summed E-state index contributed by atoms with van der Waals surface area (Å²) in [6.07, 6.45) is 6.55. The lowest BCUT2D eigenvalue weighted by Gasteiger charge is -2.39. The lowest BCUT2D eigenvalue weighted by molar-refractivity contribution is -0.145. The predicted molar refractivity (Wildman–Crippen MR) is 133 cm³/mol. The Kier molecular flexibility index (Phi) is 10.0. The molecule has 0 spiro atoms. The average Bonchev–Trinajstić information content (AvgIpc) is 3.35. The molecular weight excluding hydrogens is 452 g/mol. The number of hydrogen-bond donors (Lipinski definition) is 2. The molecule has 0 saturated heterocycles. The monoisotopic (exact) mass is 486 g/mol. The molecule has 1 heterocycles. The van der Waals surface area contributed by atoms with Crippen molar-refractivity contribution in [2.24, 2.45) is 0 Å². The van der Waals surface area contributed by atoms with Crippen LogP contribution in [0.4, 0.5) is 5.13 Å². The number of ether oxygens (including phenoxy) is 1. The Morgan fingerprint density at radius 3 is 2.53 bits per heavy atom. The first-order valence-electron chi connectivity index (χ1n) is 11.8. The minimum atomic E-state index is -0.755. The molecule has 9 heteroatoms. The molecule has 2 N–H and O–H groups in total. The van der Waals surface area contributed by atoms with Gasteiger partial charge in [-0.2, -0.15) is 0 Å². The maximum atomic E-state index is 13.6. The fraction of sp³-hybridized carbons (Fsp3) is 0.520. The van der Waals surface area contributed by atoms with Crippen LogP contribution in [0.25, 0.3) is 0 Å². The van der Waals surface area contributed by atoms with Crippen molar-refractivity contribution in [2.45, 2.75) is 64.0 Å². The van der Waals surface area contributed by atoms with Gasteiger partial charge in [-0.3, -0.25) is 14.4 Å². The highest BCUT2D eigenvalue weighted by atomic mass is 32.1. The van der Waals surface area contributed by atoms with Crippen LogP contribution in [0.2, 0.25) is 0 Å². The molecule has 1 aliphatic rings. The Morgan fingerprint density at radius 1 is 1.15 bits per heavy atom. The van der Waals surface area contributed by atoms with Gasteiger partial charge in [-0.15, -0.1) is 11.3 Å². The number of aromatic nitrogens is 1. The Hall–Kier alpha value is -2.78. The number of thiazole rings is 1. The quantitative estimate of drug-likeness (QED) is 0.470. The summed E-state index contributed by atoms with van der Waals surface area (Å²) >= 11 is 1.33. The minimum absolute atomic E-state index is 0.0292. The zero-order valence-electron chi connectivity index (χ0n) is 19.9. The smallest absolute Gasteiger partial charge is 0.247 e. The molecule has 1 aromatic carbocycles. The normalized spacial score (nSPS) is 14.9. The maximum Gasteiger partial charge on any atom is 0.247 e. The second kappa shape index (κ2) is 13.2. The summed E-state index contributed by atoms with van der Waals surface area (Å²) in [4.78, 5) is 45.2. The zero-order chi connectivity index (χ0) is 24.3. The molecule has 1 atom stereocenters. The van der Waals surface area contributed by atoms with Gasteiger partial charge in [0.1, 0.15) is 6.04 Å². The fourth-order valence-electron chi connectivity index (χ4n) is 4.29. The van der Waals surface area contributed by atoms with E-state index in [-0.39, 0.29) is 36.6 Å². The number of nitrogens with zero attached hydrogens (tertiary/aromatic N) is 2. The first-order chi connectivity index (χ1) is 16.5. The van der Waals surface area contributed by atoms with E-state index in [4.69, 9.17) is 4.74 Å². The number of anilines is 1. The Bertz CT molecular complexity index is 927. The minimum Gasteiger partial charge on any atom is -0.383 e. The number of hydrogen-bond acceptors (Lipinski definition) is 6. The summed E-state index contributed by atoms with van der Waals surface area (Å²) in [5.74, 6) is -0.677. The van der Waals surface area contributed by atoms with Gasteiger partial charge in [-0.1, -0.05) is 49.1 Å². The average molecular weight is 487 g/mol. The topological polar surface area (TPSA) is 101 Å². The number of rotatable bonds is 11. The molecule has 1 aliphatic carbocycles. The second-order valence-corrected chi connectivity index (χ2v) is 9.47. The van der Waals surface area contributed by atoms with E-state index in [1.54, 1.807) is 23.6 Å². The van der Waals surface area contributed by atoms with Crippen molar-refractivity contribution < 1.29 is 19.1 Å². The number of aryl methyl sites for hydroxylation is 1. The van der Waals surface area contributed by atoms with Crippen LogP contribution in [-0.4, -0.2) is 53.9 Å². The Labute approximate surface area is 205 Å². The van der Waals surface area contributed by atoms with Gasteiger partial charge < -0.3 is 20.3 Å². The lowest BCUT2D eigenvalue weighted by atomic mass is 9.91. The number of nitrogens with one attached hydrogen (secondary N) is 2. The van der Waals surface area contributed by atoms with Gasteiger partial charge >= 0.3 is 0 Å². The maximum absolute atomic E-state index is 13.6. The second-order valence-electron chi connectivity index (χ2n) is 8.58. The molecule has 1 unspecified atom stereocenters. The van der Waals surface area contributed by atoms with Crippen molar-refractivity contribution in [3.05, 3.63) is 47.0 Å². The number of benzene rings is 1. The van der Waals surface area contributed by atoms with Crippen molar-refractivity contribution in [3.8, 4) is 0 Å². The molecule has 184 valence electrons. The van der Waals surface area contributed by atoms with Gasteiger partial charge in [0, 0.05) is 44.1 Å². The third kappa shape index (κ3) is 7.36. The molecule has 0 aliphatic heterocycles. The number of carbonyl (C=O) groups excluding carboxylic acids is 3. The van der Waals surface area contributed by atoms with E-state index >= 15 is 0 Å². The SMILES string of the molecule is COCCNC(=O)C(c1ccc(C)cc1)N(C(=O)CCC(=O)Nc1nccs1)C1CCCCC1. The summed E-state index contributed by atoms with van der Waals surface area (Å²) in [6, 6.07) is 6.94. The summed E-state index contributed by atoms with van der Waals surface area (Å²) in [5, 5.41) is 7.93. The molecule has 1 saturated carbocycles. The third-order valence-corrected chi connectivity index (χ3v) is 6.71. The molecule has 1 aromatic heterocycles. The summed E-state index contributed by atoms with van der Waals surface area (Å²) in [5.41, 5.74) is 1.85. The third-order valence-electron chi connectivity index (χ3n) is 6.03. The Balaban J connectivity index is 1.82. The summed E-state index contributed by atoms with van der Waals surface area (Å²) < 4.78 is 5.08. The molecule has 0 radical (unpaired) electrons. The molecule has 1 fully saturated rings. The number of amides is 3. The molecular formula is C25H34N4O4S. The zero-order valence-corrected chi connectivity index (χ0v) is 20.7. The Morgan fingerprint density at radius 2 is 1.88 bits per heavy atom. The van der Waals surface area contributed by atoms with E-state index in [1.165, 1.54) is 11.3 Å². The molecule has 3 amide bonds. The van der Waals surface area contributed by atoms with Crippen LogP contribution in [0.3, 0.4) is 0 Å². The van der Waals surface area contributed by atoms with E-state index < -0.39 is 6.04 Å². The van der Waals surface area contributed by atoms with Crippen LogP contribution in [0.15, 0.2) is 35.8 Å². The number of carbonyl (C=O) groups is 3. The van der Waals surface area contributed by atoms with Crippen molar-refractivity contribution in [1.82, 2.24) is 15.2 Å². The van der Waals surface area contributed by atoms with Crippen LogP contribution in [0, 0.1) is 6.92 Å². The first kappa shape index (κ1) is 25.8. The van der Waals surface area contributed by atoms with Crippen LogP contribution < -0.4 is 10.6 Å². The van der Waals surface area contributed by atoms with Crippen LogP contribution in [0.5, 0.6) is 0 Å². The lowest BCUT2D eigenvalue weighted by Crippen LogP contribution is -2.49. The van der Waals surface area contributed by atoms with Gasteiger partial charge in [-0.25, -0.2) is 4.98 Å². The molecule has 8 nitrogen and oxygen atoms in total. The molecule has 0 bridgehead atoms. The van der Waals surface area contributed by atoms with Gasteiger partial charge in [0.15, 0.2) is 5.13 Å². The highest BCUT2D eigenvalue weighted by Crippen LogP contribution is 2.32. The van der Waals surface area contributed by atoms with Gasteiger partial charge in [0.25, 0.3) is 0 Å². The van der Waals surface area contributed by atoms with Gasteiger partial charge in [0.2, 0.25) is 17.7 Å². The van der Waals surface area contributed by atoms with Gasteiger partial charge in [-0.05, 0) is 25.3 Å². The molecule has 34 heavy (non-hydrogen) atoms. The van der Waals surface area contributed by atoms with E-state index in [9.17, 15) is 14.4 Å². The standard InChI is InChI=1S/C25H34N4O4S/c1-18-8-10-19(11-9-18)23(24(32)26-14-16-33-2)29(20-6-4-3-5-7-20)22(31)13-12-21(30)28-25-27-15-17-34-25/h8-11,15,17,20,23H,3-7,12-14,16H2,1-2H3,(H,26,32)(H,27,28,30). The molecule has 3 rings (SSSR count). The van der Waals surface area contributed by atoms with Crippen molar-refractivity contribution in [1.29, 1.82) is 0 Å². The van der Waals surface area contributed by atoms with Crippen molar-refractivity contribution in [2.75, 3.05) is 25.6 Å². The van der Waals surface area contributed by atoms with Crippen LogP contribution in [-0.2, 0) is 19.1 Å².